The predicted octanol–water partition coefficient (Wildman–Crippen LogP) is 5.83. The molecule has 0 fully saturated rings. The van der Waals surface area contributed by atoms with Crippen molar-refractivity contribution >= 4 is 34.1 Å². The molecule has 212 valence electrons. The minimum Gasteiger partial charge on any atom is -0.503 e. The molecular formula is C29H32N2O8S. The first-order valence-electron chi connectivity index (χ1n) is 13.1. The SMILES string of the molecule is CCOC(=O)c1sc(N2C(=O)C(O)=C(C(=O)c3ccco3)C2c2ccc(OCCC(C)C)c(OCC)c2)nc1C. The summed E-state index contributed by atoms with van der Waals surface area (Å²) in [5.74, 6) is -1.43. The molecular weight excluding hydrogens is 536 g/mol. The van der Waals surface area contributed by atoms with E-state index in [1.807, 2.05) is 6.92 Å². The van der Waals surface area contributed by atoms with E-state index in [-0.39, 0.29) is 27.9 Å². The lowest BCUT2D eigenvalue weighted by molar-refractivity contribution is -0.117. The van der Waals surface area contributed by atoms with E-state index in [4.69, 9.17) is 18.6 Å². The molecule has 1 aromatic carbocycles. The van der Waals surface area contributed by atoms with Crippen LogP contribution >= 0.6 is 11.3 Å². The van der Waals surface area contributed by atoms with Gasteiger partial charge in [-0.3, -0.25) is 14.5 Å². The van der Waals surface area contributed by atoms with Gasteiger partial charge in [0.25, 0.3) is 5.91 Å². The van der Waals surface area contributed by atoms with Gasteiger partial charge < -0.3 is 23.7 Å². The summed E-state index contributed by atoms with van der Waals surface area (Å²) < 4.78 is 22.2. The predicted molar refractivity (Wildman–Crippen MR) is 148 cm³/mol. The van der Waals surface area contributed by atoms with Crippen LogP contribution in [-0.4, -0.2) is 47.6 Å². The van der Waals surface area contributed by atoms with Crippen molar-refractivity contribution in [2.24, 2.45) is 5.92 Å². The van der Waals surface area contributed by atoms with E-state index < -0.39 is 29.5 Å². The Hall–Kier alpha value is -4.12. The Bertz CT molecular complexity index is 1420. The molecule has 40 heavy (non-hydrogen) atoms. The van der Waals surface area contributed by atoms with Gasteiger partial charge in [0, 0.05) is 0 Å². The molecule has 1 aliphatic rings. The highest BCUT2D eigenvalue weighted by molar-refractivity contribution is 7.17. The van der Waals surface area contributed by atoms with E-state index in [0.717, 1.165) is 17.8 Å². The molecule has 1 unspecified atom stereocenters. The fourth-order valence-electron chi connectivity index (χ4n) is 4.25. The molecule has 3 aromatic rings. The molecule has 0 radical (unpaired) electrons. The summed E-state index contributed by atoms with van der Waals surface area (Å²) in [6, 6.07) is 7.01. The maximum atomic E-state index is 13.5. The van der Waals surface area contributed by atoms with E-state index in [0.29, 0.717) is 41.9 Å². The third kappa shape index (κ3) is 5.74. The van der Waals surface area contributed by atoms with Gasteiger partial charge in [0.2, 0.25) is 5.78 Å². The van der Waals surface area contributed by atoms with E-state index in [2.05, 4.69) is 18.8 Å². The van der Waals surface area contributed by atoms with E-state index in [9.17, 15) is 19.5 Å². The zero-order valence-electron chi connectivity index (χ0n) is 23.1. The lowest BCUT2D eigenvalue weighted by atomic mass is 9.95. The Morgan fingerprint density at radius 3 is 2.58 bits per heavy atom. The number of ether oxygens (including phenoxy) is 3. The van der Waals surface area contributed by atoms with E-state index in [1.54, 1.807) is 38.1 Å². The molecule has 10 nitrogen and oxygen atoms in total. The van der Waals surface area contributed by atoms with E-state index in [1.165, 1.54) is 17.2 Å². The van der Waals surface area contributed by atoms with Gasteiger partial charge in [0.1, 0.15) is 4.88 Å². The number of furan rings is 1. The number of aromatic nitrogens is 1. The van der Waals surface area contributed by atoms with Crippen LogP contribution in [0.2, 0.25) is 0 Å². The van der Waals surface area contributed by atoms with Crippen LogP contribution in [0, 0.1) is 12.8 Å². The van der Waals surface area contributed by atoms with Crippen molar-refractivity contribution in [1.29, 1.82) is 0 Å². The highest BCUT2D eigenvalue weighted by Crippen LogP contribution is 2.45. The molecule has 1 amide bonds. The Kier molecular flexibility index (Phi) is 8.93. The quantitative estimate of drug-likeness (QED) is 0.212. The summed E-state index contributed by atoms with van der Waals surface area (Å²) in [5, 5.41) is 11.1. The van der Waals surface area contributed by atoms with Crippen LogP contribution in [-0.2, 0) is 9.53 Å². The van der Waals surface area contributed by atoms with Crippen LogP contribution in [0.4, 0.5) is 5.13 Å². The normalized spacial score (nSPS) is 15.2. The molecule has 11 heteroatoms. The van der Waals surface area contributed by atoms with Crippen LogP contribution in [0.1, 0.15) is 71.6 Å². The maximum Gasteiger partial charge on any atom is 0.350 e. The second kappa shape index (κ2) is 12.4. The van der Waals surface area contributed by atoms with Crippen LogP contribution in [0.25, 0.3) is 0 Å². The lowest BCUT2D eigenvalue weighted by Gasteiger charge is -2.25. The van der Waals surface area contributed by atoms with Crippen molar-refractivity contribution in [3.63, 3.8) is 0 Å². The zero-order chi connectivity index (χ0) is 29.0. The second-order valence-electron chi connectivity index (χ2n) is 9.45. The molecule has 4 rings (SSSR count). The van der Waals surface area contributed by atoms with Crippen LogP contribution in [0.5, 0.6) is 11.5 Å². The Labute approximate surface area is 236 Å². The third-order valence-corrected chi connectivity index (χ3v) is 7.32. The second-order valence-corrected chi connectivity index (χ2v) is 10.4. The van der Waals surface area contributed by atoms with Crippen LogP contribution in [0.3, 0.4) is 0 Å². The number of aliphatic hydroxyl groups is 1. The molecule has 1 atom stereocenters. The van der Waals surface area contributed by atoms with Gasteiger partial charge in [-0.15, -0.1) is 0 Å². The van der Waals surface area contributed by atoms with Gasteiger partial charge in [0.05, 0.1) is 43.4 Å². The molecule has 1 aliphatic heterocycles. The van der Waals surface area contributed by atoms with Crippen molar-refractivity contribution in [3.05, 3.63) is 69.8 Å². The van der Waals surface area contributed by atoms with Gasteiger partial charge in [-0.05, 0) is 62.9 Å². The number of aliphatic hydroxyl groups excluding tert-OH is 1. The number of esters is 1. The molecule has 3 heterocycles. The number of ketones is 1. The summed E-state index contributed by atoms with van der Waals surface area (Å²) in [5.41, 5.74) is 0.651. The van der Waals surface area contributed by atoms with Gasteiger partial charge >= 0.3 is 5.97 Å². The summed E-state index contributed by atoms with van der Waals surface area (Å²) in [6.07, 6.45) is 2.18. The smallest absolute Gasteiger partial charge is 0.350 e. The zero-order valence-corrected chi connectivity index (χ0v) is 23.9. The molecule has 0 spiro atoms. The number of benzene rings is 1. The number of thiazole rings is 1. The first-order valence-corrected chi connectivity index (χ1v) is 13.9. The summed E-state index contributed by atoms with van der Waals surface area (Å²) >= 11 is 0.943. The standard InChI is InChI=1S/C29H32N2O8S/c1-6-36-21-15-18(10-11-19(21)39-14-12-16(3)4)23-22(24(32)20-9-8-13-38-20)25(33)27(34)31(23)29-30-17(5)26(40-29)28(35)37-7-2/h8-11,13,15-16,23,33H,6-7,12,14H2,1-5H3. The number of anilines is 1. The fourth-order valence-corrected chi connectivity index (χ4v) is 5.24. The molecule has 0 saturated heterocycles. The highest BCUT2D eigenvalue weighted by Gasteiger charge is 2.47. The van der Waals surface area contributed by atoms with Gasteiger partial charge in [0.15, 0.2) is 28.1 Å². The minimum atomic E-state index is -1.09. The summed E-state index contributed by atoms with van der Waals surface area (Å²) in [6.45, 7) is 10.4. The number of hydrogen-bond donors (Lipinski definition) is 1. The number of hydrogen-bond acceptors (Lipinski definition) is 10. The summed E-state index contributed by atoms with van der Waals surface area (Å²) in [7, 11) is 0. The maximum absolute atomic E-state index is 13.5. The number of carbonyl (C=O) groups is 3. The molecule has 2 aromatic heterocycles. The monoisotopic (exact) mass is 568 g/mol. The third-order valence-electron chi connectivity index (χ3n) is 6.19. The number of rotatable bonds is 12. The Balaban J connectivity index is 1.82. The average molecular weight is 569 g/mol. The van der Waals surface area contributed by atoms with Crippen molar-refractivity contribution in [2.75, 3.05) is 24.7 Å². The molecule has 1 N–H and O–H groups in total. The number of nitrogens with zero attached hydrogens (tertiary/aromatic N) is 2. The number of aryl methyl sites for hydroxylation is 1. The Morgan fingerprint density at radius 2 is 1.93 bits per heavy atom. The van der Waals surface area contributed by atoms with Crippen molar-refractivity contribution in [2.45, 2.75) is 47.1 Å². The molecule has 0 bridgehead atoms. The van der Waals surface area contributed by atoms with Crippen molar-refractivity contribution < 1.29 is 38.1 Å². The number of amides is 1. The highest BCUT2D eigenvalue weighted by atomic mass is 32.1. The molecule has 0 saturated carbocycles. The van der Waals surface area contributed by atoms with Crippen LogP contribution < -0.4 is 14.4 Å². The largest absolute Gasteiger partial charge is 0.503 e. The first-order chi connectivity index (χ1) is 19.2. The van der Waals surface area contributed by atoms with Gasteiger partial charge in [-0.25, -0.2) is 9.78 Å². The van der Waals surface area contributed by atoms with E-state index >= 15 is 0 Å². The minimum absolute atomic E-state index is 0.0394. The number of carbonyl (C=O) groups excluding carboxylic acids is 3. The molecule has 0 aliphatic carbocycles. The fraction of sp³-hybridized carbons (Fsp3) is 0.379. The first kappa shape index (κ1) is 28.9. The summed E-state index contributed by atoms with van der Waals surface area (Å²) in [4.78, 5) is 45.4. The van der Waals surface area contributed by atoms with Gasteiger partial charge in [-0.1, -0.05) is 31.3 Å². The Morgan fingerprint density at radius 1 is 1.15 bits per heavy atom. The van der Waals surface area contributed by atoms with Crippen molar-refractivity contribution in [1.82, 2.24) is 4.98 Å². The average Bonchev–Trinajstić information content (AvgIpc) is 3.64. The van der Waals surface area contributed by atoms with Crippen LogP contribution in [0.15, 0.2) is 52.3 Å². The van der Waals surface area contributed by atoms with Gasteiger partial charge in [-0.2, -0.15) is 0 Å². The number of Topliss-reactive ketones (excluding diaryl/α,β-unsaturated/α-hetero) is 1. The topological polar surface area (TPSA) is 128 Å². The lowest BCUT2D eigenvalue weighted by Crippen LogP contribution is -2.31. The van der Waals surface area contributed by atoms with Crippen molar-refractivity contribution in [3.8, 4) is 11.5 Å².